The summed E-state index contributed by atoms with van der Waals surface area (Å²) in [6.45, 7) is 0. The smallest absolute Gasteiger partial charge is 0.274 e. The highest BCUT2D eigenvalue weighted by molar-refractivity contribution is 6.34. The zero-order valence-electron chi connectivity index (χ0n) is 14.7. The minimum atomic E-state index is -1.18. The molecule has 0 aliphatic heterocycles. The first-order valence-corrected chi connectivity index (χ1v) is 9.03. The second kappa shape index (κ2) is 8.04. The molecule has 0 unspecified atom stereocenters. The van der Waals surface area contributed by atoms with Crippen molar-refractivity contribution >= 4 is 29.2 Å². The largest absolute Gasteiger partial charge is 0.337 e. The van der Waals surface area contributed by atoms with E-state index in [0.717, 1.165) is 31.7 Å². The second-order valence-corrected chi connectivity index (χ2v) is 6.98. The van der Waals surface area contributed by atoms with Crippen molar-refractivity contribution in [3.05, 3.63) is 46.1 Å². The first-order chi connectivity index (χ1) is 12.9. The number of aromatic nitrogens is 2. The summed E-state index contributed by atoms with van der Waals surface area (Å²) in [5.41, 5.74) is -0.0628. The molecule has 1 heterocycles. The first-order valence-electron chi connectivity index (χ1n) is 8.65. The molecule has 0 radical (unpaired) electrons. The lowest BCUT2D eigenvalue weighted by Gasteiger charge is -2.30. The number of rotatable bonds is 4. The molecule has 27 heavy (non-hydrogen) atoms. The number of nitrogens with one attached hydrogen (secondary N) is 2. The molecule has 6 nitrogen and oxygen atoms in total. The number of hydrogen-bond donors (Lipinski definition) is 2. The monoisotopic (exact) mass is 396 g/mol. The van der Waals surface area contributed by atoms with Gasteiger partial charge in [0.25, 0.3) is 11.8 Å². The molecule has 1 fully saturated rings. The number of amides is 2. The van der Waals surface area contributed by atoms with E-state index in [1.807, 2.05) is 0 Å². The molecule has 0 bridgehead atoms. The van der Waals surface area contributed by atoms with E-state index in [1.165, 1.54) is 12.5 Å². The lowest BCUT2D eigenvalue weighted by molar-refractivity contribution is 0.0690. The number of halogens is 3. The highest BCUT2D eigenvalue weighted by atomic mass is 35.5. The second-order valence-electron chi connectivity index (χ2n) is 6.58. The number of benzene rings is 1. The van der Waals surface area contributed by atoms with Gasteiger partial charge in [0.2, 0.25) is 0 Å². The van der Waals surface area contributed by atoms with Crippen molar-refractivity contribution in [2.24, 2.45) is 0 Å². The molecule has 2 aromatic rings. The Kier molecular flexibility index (Phi) is 5.74. The van der Waals surface area contributed by atoms with Gasteiger partial charge in [-0.2, -0.15) is 5.10 Å². The minimum Gasteiger partial charge on any atom is -0.337 e. The molecule has 1 aliphatic carbocycles. The zero-order chi connectivity index (χ0) is 19.6. The van der Waals surface area contributed by atoms with Gasteiger partial charge in [0.1, 0.15) is 5.82 Å². The van der Waals surface area contributed by atoms with Crippen molar-refractivity contribution in [3.63, 3.8) is 0 Å². The number of anilines is 1. The van der Waals surface area contributed by atoms with Crippen LogP contribution in [0.5, 0.6) is 0 Å². The maximum Gasteiger partial charge on any atom is 0.274 e. The quantitative estimate of drug-likeness (QED) is 0.767. The SMILES string of the molecule is CN(C(=O)c1cc(NC(=O)c2cc(F)c(F)cc2Cl)[nH]n1)C1CCCCC1. The molecule has 0 spiro atoms. The van der Waals surface area contributed by atoms with Gasteiger partial charge in [0, 0.05) is 19.2 Å². The van der Waals surface area contributed by atoms with Gasteiger partial charge in [-0.05, 0) is 25.0 Å². The Labute approximate surface area is 159 Å². The Balaban J connectivity index is 1.69. The van der Waals surface area contributed by atoms with E-state index in [-0.39, 0.29) is 34.0 Å². The molecule has 0 atom stereocenters. The highest BCUT2D eigenvalue weighted by Gasteiger charge is 2.25. The van der Waals surface area contributed by atoms with Gasteiger partial charge in [-0.25, -0.2) is 8.78 Å². The van der Waals surface area contributed by atoms with E-state index in [0.29, 0.717) is 6.07 Å². The van der Waals surface area contributed by atoms with Crippen LogP contribution >= 0.6 is 11.6 Å². The summed E-state index contributed by atoms with van der Waals surface area (Å²) < 4.78 is 26.5. The molecule has 1 aliphatic rings. The van der Waals surface area contributed by atoms with Gasteiger partial charge >= 0.3 is 0 Å². The van der Waals surface area contributed by atoms with Crippen LogP contribution in [0.4, 0.5) is 14.6 Å². The molecular weight excluding hydrogens is 378 g/mol. The number of carbonyl (C=O) groups excluding carboxylic acids is 2. The van der Waals surface area contributed by atoms with Crippen LogP contribution in [0.15, 0.2) is 18.2 Å². The van der Waals surface area contributed by atoms with Crippen LogP contribution in [-0.2, 0) is 0 Å². The summed E-state index contributed by atoms with van der Waals surface area (Å²) >= 11 is 5.79. The average molecular weight is 397 g/mol. The number of hydrogen-bond acceptors (Lipinski definition) is 3. The summed E-state index contributed by atoms with van der Waals surface area (Å²) in [6, 6.07) is 3.02. The van der Waals surface area contributed by atoms with Crippen LogP contribution in [-0.4, -0.2) is 40.0 Å². The molecule has 0 saturated heterocycles. The van der Waals surface area contributed by atoms with Crippen molar-refractivity contribution in [2.75, 3.05) is 12.4 Å². The van der Waals surface area contributed by atoms with Crippen molar-refractivity contribution in [3.8, 4) is 0 Å². The van der Waals surface area contributed by atoms with E-state index in [2.05, 4.69) is 15.5 Å². The van der Waals surface area contributed by atoms with Crippen LogP contribution in [0, 0.1) is 11.6 Å². The molecular formula is C18H19ClF2N4O2. The third-order valence-electron chi connectivity index (χ3n) is 4.74. The normalized spacial score (nSPS) is 14.8. The molecule has 1 aromatic heterocycles. The summed E-state index contributed by atoms with van der Waals surface area (Å²) in [7, 11) is 1.74. The van der Waals surface area contributed by atoms with Crippen molar-refractivity contribution in [1.82, 2.24) is 15.1 Å². The van der Waals surface area contributed by atoms with E-state index >= 15 is 0 Å². The van der Waals surface area contributed by atoms with Gasteiger partial charge in [0.05, 0.1) is 10.6 Å². The predicted octanol–water partition coefficient (Wildman–Crippen LogP) is 4.00. The number of H-pyrrole nitrogens is 1. The topological polar surface area (TPSA) is 78.1 Å². The standard InChI is InChI=1S/C18H19ClF2N4O2/c1-25(10-5-3-2-4-6-10)18(27)15-9-16(24-23-15)22-17(26)11-7-13(20)14(21)8-12(11)19/h7-10H,2-6H2,1H3,(H2,22,23,24,26). The van der Waals surface area contributed by atoms with Gasteiger partial charge in [-0.1, -0.05) is 30.9 Å². The molecule has 1 saturated carbocycles. The molecule has 9 heteroatoms. The van der Waals surface area contributed by atoms with Crippen LogP contribution in [0.3, 0.4) is 0 Å². The van der Waals surface area contributed by atoms with Crippen molar-refractivity contribution in [2.45, 2.75) is 38.1 Å². The number of carbonyl (C=O) groups is 2. The summed E-state index contributed by atoms with van der Waals surface area (Å²) in [5, 5.41) is 8.70. The van der Waals surface area contributed by atoms with Crippen LogP contribution in [0.25, 0.3) is 0 Å². The molecule has 1 aromatic carbocycles. The minimum absolute atomic E-state index is 0.154. The Morgan fingerprint density at radius 1 is 1.19 bits per heavy atom. The van der Waals surface area contributed by atoms with Gasteiger partial charge in [-0.3, -0.25) is 14.7 Å². The number of aromatic amines is 1. The zero-order valence-corrected chi connectivity index (χ0v) is 15.4. The summed E-state index contributed by atoms with van der Waals surface area (Å²) in [6.07, 6.45) is 5.30. The lowest BCUT2D eigenvalue weighted by Crippen LogP contribution is -2.38. The molecule has 144 valence electrons. The fourth-order valence-corrected chi connectivity index (χ4v) is 3.43. The fraction of sp³-hybridized carbons (Fsp3) is 0.389. The predicted molar refractivity (Wildman–Crippen MR) is 96.9 cm³/mol. The molecule has 2 N–H and O–H groups in total. The van der Waals surface area contributed by atoms with Crippen LogP contribution < -0.4 is 5.32 Å². The van der Waals surface area contributed by atoms with E-state index in [9.17, 15) is 18.4 Å². The van der Waals surface area contributed by atoms with Crippen LogP contribution in [0.1, 0.15) is 53.0 Å². The average Bonchev–Trinajstić information content (AvgIpc) is 3.12. The first kappa shape index (κ1) is 19.3. The number of nitrogens with zero attached hydrogens (tertiary/aromatic N) is 2. The molecule has 2 amide bonds. The highest BCUT2D eigenvalue weighted by Crippen LogP contribution is 2.24. The van der Waals surface area contributed by atoms with Gasteiger partial charge in [-0.15, -0.1) is 0 Å². The third-order valence-corrected chi connectivity index (χ3v) is 5.06. The van der Waals surface area contributed by atoms with Crippen molar-refractivity contribution in [1.29, 1.82) is 0 Å². The Morgan fingerprint density at radius 2 is 1.85 bits per heavy atom. The van der Waals surface area contributed by atoms with Gasteiger partial charge < -0.3 is 10.2 Å². The Bertz CT molecular complexity index is 865. The van der Waals surface area contributed by atoms with Crippen LogP contribution in [0.2, 0.25) is 5.02 Å². The molecule has 3 rings (SSSR count). The Morgan fingerprint density at radius 3 is 2.56 bits per heavy atom. The Hall–Kier alpha value is -2.48. The summed E-state index contributed by atoms with van der Waals surface area (Å²) in [4.78, 5) is 26.5. The van der Waals surface area contributed by atoms with Gasteiger partial charge in [0.15, 0.2) is 17.3 Å². The lowest BCUT2D eigenvalue weighted by atomic mass is 9.94. The fourth-order valence-electron chi connectivity index (χ4n) is 3.20. The summed E-state index contributed by atoms with van der Waals surface area (Å²) in [5.74, 6) is -3.16. The maximum absolute atomic E-state index is 13.3. The van der Waals surface area contributed by atoms with E-state index < -0.39 is 17.5 Å². The maximum atomic E-state index is 13.3. The van der Waals surface area contributed by atoms with Crippen molar-refractivity contribution < 1.29 is 18.4 Å². The van der Waals surface area contributed by atoms with E-state index in [1.54, 1.807) is 11.9 Å². The van der Waals surface area contributed by atoms with E-state index in [4.69, 9.17) is 11.6 Å². The third kappa shape index (κ3) is 4.27.